The van der Waals surface area contributed by atoms with Gasteiger partial charge in [0.25, 0.3) is 0 Å². The summed E-state index contributed by atoms with van der Waals surface area (Å²) in [5.74, 6) is 0.517. The number of nitrogens with one attached hydrogen (secondary N) is 1. The normalized spacial score (nSPS) is 10.9. The van der Waals surface area contributed by atoms with Gasteiger partial charge in [-0.3, -0.25) is 4.79 Å². The molecule has 0 unspecified atom stereocenters. The predicted octanol–water partition coefficient (Wildman–Crippen LogP) is 5.36. The van der Waals surface area contributed by atoms with E-state index < -0.39 is 0 Å². The molecule has 6 nitrogen and oxygen atoms in total. The Morgan fingerprint density at radius 2 is 1.84 bits per heavy atom. The molecule has 2 aromatic carbocycles. The standard InChI is InChI=1S/C24H22FN3O3S/c1-30-13-12-16-2-4-17(5-3-16)20-15-32-24(27-20)28-22(29)10-11-23-26-14-21(31-23)18-6-8-19(25)9-7-18/h2-9,14-15H,10-13H2,1H3,(H,27,28,29). The highest BCUT2D eigenvalue weighted by Crippen LogP contribution is 2.26. The van der Waals surface area contributed by atoms with Crippen LogP contribution in [0.15, 0.2) is 64.5 Å². The number of aryl methyl sites for hydroxylation is 1. The highest BCUT2D eigenvalue weighted by Gasteiger charge is 2.12. The molecule has 0 atom stereocenters. The molecule has 0 saturated heterocycles. The molecule has 2 heterocycles. The van der Waals surface area contributed by atoms with Crippen LogP contribution in [-0.2, 0) is 22.4 Å². The topological polar surface area (TPSA) is 77.2 Å². The monoisotopic (exact) mass is 451 g/mol. The third kappa shape index (κ3) is 5.66. The number of carbonyl (C=O) groups excluding carboxylic acids is 1. The zero-order chi connectivity index (χ0) is 22.3. The quantitative estimate of drug-likeness (QED) is 0.370. The zero-order valence-electron chi connectivity index (χ0n) is 17.5. The van der Waals surface area contributed by atoms with E-state index in [2.05, 4.69) is 27.4 Å². The average molecular weight is 452 g/mol. The number of aromatic nitrogens is 2. The highest BCUT2D eigenvalue weighted by atomic mass is 32.1. The number of ether oxygens (including phenoxy) is 1. The van der Waals surface area contributed by atoms with Crippen LogP contribution in [0.3, 0.4) is 0 Å². The fraction of sp³-hybridized carbons (Fsp3) is 0.208. The van der Waals surface area contributed by atoms with Crippen molar-refractivity contribution in [1.29, 1.82) is 0 Å². The number of halogens is 1. The van der Waals surface area contributed by atoms with E-state index >= 15 is 0 Å². The number of methoxy groups -OCH3 is 1. The lowest BCUT2D eigenvalue weighted by Gasteiger charge is -2.02. The van der Waals surface area contributed by atoms with Crippen molar-refractivity contribution >= 4 is 22.4 Å². The van der Waals surface area contributed by atoms with E-state index in [1.165, 1.54) is 29.0 Å². The molecule has 164 valence electrons. The van der Waals surface area contributed by atoms with Crippen LogP contribution in [0, 0.1) is 5.82 Å². The third-order valence-electron chi connectivity index (χ3n) is 4.84. The first-order chi connectivity index (χ1) is 15.6. The number of benzene rings is 2. The Morgan fingerprint density at radius 1 is 1.09 bits per heavy atom. The van der Waals surface area contributed by atoms with Crippen LogP contribution in [0.5, 0.6) is 0 Å². The molecule has 0 spiro atoms. The van der Waals surface area contributed by atoms with Gasteiger partial charge in [-0.1, -0.05) is 24.3 Å². The number of anilines is 1. The van der Waals surface area contributed by atoms with Crippen molar-refractivity contribution in [3.63, 3.8) is 0 Å². The van der Waals surface area contributed by atoms with Crippen molar-refractivity contribution in [2.75, 3.05) is 19.0 Å². The molecule has 0 aliphatic rings. The molecule has 0 aliphatic heterocycles. The van der Waals surface area contributed by atoms with Gasteiger partial charge >= 0.3 is 0 Å². The smallest absolute Gasteiger partial charge is 0.226 e. The summed E-state index contributed by atoms with van der Waals surface area (Å²) in [6, 6.07) is 14.1. The number of rotatable bonds is 9. The fourth-order valence-electron chi connectivity index (χ4n) is 3.10. The van der Waals surface area contributed by atoms with Crippen LogP contribution in [0.2, 0.25) is 0 Å². The van der Waals surface area contributed by atoms with Gasteiger partial charge in [-0.15, -0.1) is 11.3 Å². The number of hydrogen-bond acceptors (Lipinski definition) is 6. The van der Waals surface area contributed by atoms with E-state index in [1.54, 1.807) is 25.4 Å². The molecule has 1 N–H and O–H groups in total. The second-order valence-corrected chi connectivity index (χ2v) is 8.01. The summed E-state index contributed by atoms with van der Waals surface area (Å²) >= 11 is 1.38. The van der Waals surface area contributed by atoms with E-state index in [-0.39, 0.29) is 18.1 Å². The number of nitrogens with zero attached hydrogens (tertiary/aromatic N) is 2. The first-order valence-electron chi connectivity index (χ1n) is 10.1. The van der Waals surface area contributed by atoms with Crippen molar-refractivity contribution < 1.29 is 18.3 Å². The van der Waals surface area contributed by atoms with Crippen molar-refractivity contribution in [2.45, 2.75) is 19.3 Å². The number of carbonyl (C=O) groups is 1. The summed E-state index contributed by atoms with van der Waals surface area (Å²) in [6.45, 7) is 0.688. The molecule has 0 aliphatic carbocycles. The largest absolute Gasteiger partial charge is 0.441 e. The minimum Gasteiger partial charge on any atom is -0.441 e. The molecule has 8 heteroatoms. The first kappa shape index (κ1) is 21.9. The van der Waals surface area contributed by atoms with E-state index in [0.717, 1.165) is 23.2 Å². The molecular formula is C24H22FN3O3S. The second-order valence-electron chi connectivity index (χ2n) is 7.15. The first-order valence-corrected chi connectivity index (χ1v) is 11.0. The average Bonchev–Trinajstić information content (AvgIpc) is 3.47. The molecule has 2 aromatic heterocycles. The Kier molecular flexibility index (Phi) is 7.03. The lowest BCUT2D eigenvalue weighted by atomic mass is 10.1. The van der Waals surface area contributed by atoms with Gasteiger partial charge in [0.2, 0.25) is 5.91 Å². The molecule has 4 aromatic rings. The maximum absolute atomic E-state index is 13.1. The highest BCUT2D eigenvalue weighted by molar-refractivity contribution is 7.14. The van der Waals surface area contributed by atoms with Gasteiger partial charge < -0.3 is 14.5 Å². The van der Waals surface area contributed by atoms with Gasteiger partial charge in [-0.25, -0.2) is 14.4 Å². The summed E-state index contributed by atoms with van der Waals surface area (Å²) < 4.78 is 23.8. The summed E-state index contributed by atoms with van der Waals surface area (Å²) in [4.78, 5) is 21.0. The second kappa shape index (κ2) is 10.3. The van der Waals surface area contributed by atoms with Gasteiger partial charge in [-0.05, 0) is 36.2 Å². The van der Waals surface area contributed by atoms with E-state index in [0.29, 0.717) is 29.8 Å². The SMILES string of the molecule is COCCc1ccc(-c2csc(NC(=O)CCc3ncc(-c4ccc(F)cc4)o3)n2)cc1. The molecule has 4 rings (SSSR count). The maximum Gasteiger partial charge on any atom is 0.226 e. The minimum atomic E-state index is -0.311. The Labute approximate surface area is 189 Å². The molecule has 32 heavy (non-hydrogen) atoms. The molecular weight excluding hydrogens is 429 g/mol. The Hall–Kier alpha value is -3.36. The molecule has 0 saturated carbocycles. The number of oxazole rings is 1. The van der Waals surface area contributed by atoms with Gasteiger partial charge in [0.05, 0.1) is 18.5 Å². The van der Waals surface area contributed by atoms with Gasteiger partial charge in [0.1, 0.15) is 5.82 Å². The van der Waals surface area contributed by atoms with Crippen LogP contribution in [0.25, 0.3) is 22.6 Å². The summed E-state index contributed by atoms with van der Waals surface area (Å²) in [6.07, 6.45) is 3.01. The van der Waals surface area contributed by atoms with Crippen LogP contribution in [0.4, 0.5) is 9.52 Å². The Bertz CT molecular complexity index is 1170. The maximum atomic E-state index is 13.1. The van der Waals surface area contributed by atoms with E-state index in [9.17, 15) is 9.18 Å². The van der Waals surface area contributed by atoms with Crippen LogP contribution < -0.4 is 5.32 Å². The molecule has 0 fully saturated rings. The molecule has 0 radical (unpaired) electrons. The zero-order valence-corrected chi connectivity index (χ0v) is 18.3. The Balaban J connectivity index is 1.29. The predicted molar refractivity (Wildman–Crippen MR) is 122 cm³/mol. The van der Waals surface area contributed by atoms with Gasteiger partial charge in [0, 0.05) is 36.5 Å². The lowest BCUT2D eigenvalue weighted by molar-refractivity contribution is -0.116. The van der Waals surface area contributed by atoms with E-state index in [1.807, 2.05) is 17.5 Å². The lowest BCUT2D eigenvalue weighted by Crippen LogP contribution is -2.12. The van der Waals surface area contributed by atoms with Crippen LogP contribution in [-0.4, -0.2) is 29.6 Å². The van der Waals surface area contributed by atoms with Crippen LogP contribution in [0.1, 0.15) is 17.9 Å². The van der Waals surface area contributed by atoms with Crippen molar-refractivity contribution in [3.05, 3.63) is 77.4 Å². The van der Waals surface area contributed by atoms with Gasteiger partial charge in [-0.2, -0.15) is 0 Å². The van der Waals surface area contributed by atoms with Crippen molar-refractivity contribution in [3.8, 4) is 22.6 Å². The van der Waals surface area contributed by atoms with Crippen molar-refractivity contribution in [2.24, 2.45) is 0 Å². The van der Waals surface area contributed by atoms with Crippen molar-refractivity contribution in [1.82, 2.24) is 9.97 Å². The molecule has 0 bridgehead atoms. The summed E-state index contributed by atoms with van der Waals surface area (Å²) in [5, 5.41) is 5.30. The summed E-state index contributed by atoms with van der Waals surface area (Å²) in [7, 11) is 1.69. The van der Waals surface area contributed by atoms with E-state index in [4.69, 9.17) is 9.15 Å². The fourth-order valence-corrected chi connectivity index (χ4v) is 3.84. The number of amides is 1. The number of thiazole rings is 1. The molecule has 1 amide bonds. The van der Waals surface area contributed by atoms with Crippen LogP contribution >= 0.6 is 11.3 Å². The number of hydrogen-bond donors (Lipinski definition) is 1. The summed E-state index contributed by atoms with van der Waals surface area (Å²) in [5.41, 5.74) is 3.75. The van der Waals surface area contributed by atoms with Gasteiger partial charge in [0.15, 0.2) is 16.8 Å². The minimum absolute atomic E-state index is 0.164. The Morgan fingerprint density at radius 3 is 2.59 bits per heavy atom. The third-order valence-corrected chi connectivity index (χ3v) is 5.60.